The fourth-order valence-electron chi connectivity index (χ4n) is 4.74. The van der Waals surface area contributed by atoms with Crippen LogP contribution in [0.15, 0.2) is 108 Å². The summed E-state index contributed by atoms with van der Waals surface area (Å²) in [4.78, 5) is 29.7. The van der Waals surface area contributed by atoms with Gasteiger partial charge in [0.2, 0.25) is 11.8 Å². The summed E-state index contributed by atoms with van der Waals surface area (Å²) in [6.07, 6.45) is 0.200. The van der Waals surface area contributed by atoms with Crippen LogP contribution in [0, 0.1) is 5.92 Å². The first kappa shape index (κ1) is 34.3. The van der Waals surface area contributed by atoms with Gasteiger partial charge in [0, 0.05) is 34.6 Å². The summed E-state index contributed by atoms with van der Waals surface area (Å²) in [6, 6.07) is 27.5. The lowest BCUT2D eigenvalue weighted by Gasteiger charge is -2.34. The lowest BCUT2D eigenvalue weighted by molar-refractivity contribution is -0.140. The van der Waals surface area contributed by atoms with E-state index in [1.165, 1.54) is 35.2 Å². The number of benzene rings is 4. The second-order valence-electron chi connectivity index (χ2n) is 10.9. The molecule has 11 heteroatoms. The van der Waals surface area contributed by atoms with Crippen LogP contribution in [0.1, 0.15) is 25.0 Å². The smallest absolute Gasteiger partial charge is 0.264 e. The fourth-order valence-corrected chi connectivity index (χ4v) is 6.89. The minimum absolute atomic E-state index is 0.00151. The van der Waals surface area contributed by atoms with Crippen LogP contribution in [0.5, 0.6) is 0 Å². The normalized spacial score (nSPS) is 12.0. The van der Waals surface area contributed by atoms with E-state index in [9.17, 15) is 18.0 Å². The van der Waals surface area contributed by atoms with E-state index in [1.54, 1.807) is 42.5 Å². The van der Waals surface area contributed by atoms with Crippen LogP contribution in [-0.4, -0.2) is 44.3 Å². The van der Waals surface area contributed by atoms with Crippen molar-refractivity contribution < 1.29 is 18.0 Å². The second-order valence-corrected chi connectivity index (χ2v) is 14.1. The van der Waals surface area contributed by atoms with Gasteiger partial charge in [-0.15, -0.1) is 0 Å². The molecule has 0 fully saturated rings. The minimum atomic E-state index is -4.28. The Morgan fingerprint density at radius 3 is 1.96 bits per heavy atom. The molecule has 236 valence electrons. The summed E-state index contributed by atoms with van der Waals surface area (Å²) in [7, 11) is -4.28. The quantitative estimate of drug-likeness (QED) is 0.161. The molecule has 0 aromatic heterocycles. The molecule has 4 aromatic carbocycles. The van der Waals surface area contributed by atoms with Gasteiger partial charge in [0.25, 0.3) is 10.0 Å². The number of rotatable bonds is 13. The van der Waals surface area contributed by atoms with E-state index in [0.29, 0.717) is 17.1 Å². The van der Waals surface area contributed by atoms with Gasteiger partial charge in [-0.2, -0.15) is 0 Å². The van der Waals surface area contributed by atoms with Crippen molar-refractivity contribution in [2.24, 2.45) is 5.92 Å². The molecule has 0 aliphatic rings. The number of halogens is 3. The number of anilines is 1. The van der Waals surface area contributed by atoms with Crippen LogP contribution in [0.2, 0.25) is 15.1 Å². The molecule has 0 saturated carbocycles. The molecule has 2 amide bonds. The van der Waals surface area contributed by atoms with E-state index in [-0.39, 0.29) is 45.4 Å². The molecular formula is C34H34Cl3N3O4S. The number of hydrogen-bond acceptors (Lipinski definition) is 4. The summed E-state index contributed by atoms with van der Waals surface area (Å²) in [5, 5.41) is 3.83. The summed E-state index contributed by atoms with van der Waals surface area (Å²) < 4.78 is 29.1. The number of carbonyl (C=O) groups is 2. The molecule has 0 saturated heterocycles. The van der Waals surface area contributed by atoms with Crippen LogP contribution < -0.4 is 9.62 Å². The summed E-state index contributed by atoms with van der Waals surface area (Å²) in [5.41, 5.74) is 1.62. The maximum Gasteiger partial charge on any atom is 0.264 e. The zero-order chi connectivity index (χ0) is 32.6. The molecule has 4 rings (SSSR count). The lowest BCUT2D eigenvalue weighted by Crippen LogP contribution is -2.53. The van der Waals surface area contributed by atoms with Crippen molar-refractivity contribution in [1.82, 2.24) is 10.2 Å². The van der Waals surface area contributed by atoms with Crippen molar-refractivity contribution in [3.8, 4) is 0 Å². The second kappa shape index (κ2) is 15.6. The Kier molecular flexibility index (Phi) is 11.9. The van der Waals surface area contributed by atoms with Gasteiger partial charge in [0.05, 0.1) is 10.6 Å². The van der Waals surface area contributed by atoms with E-state index < -0.39 is 28.5 Å². The van der Waals surface area contributed by atoms with E-state index in [2.05, 4.69) is 5.32 Å². The van der Waals surface area contributed by atoms with Gasteiger partial charge in [-0.05, 0) is 59.5 Å². The molecule has 0 aliphatic heterocycles. The highest BCUT2D eigenvalue weighted by Crippen LogP contribution is 2.30. The van der Waals surface area contributed by atoms with Gasteiger partial charge in [-0.25, -0.2) is 8.42 Å². The zero-order valence-corrected chi connectivity index (χ0v) is 28.0. The third-order valence-corrected chi connectivity index (χ3v) is 9.40. The highest BCUT2D eigenvalue weighted by atomic mass is 35.5. The van der Waals surface area contributed by atoms with Crippen molar-refractivity contribution in [2.45, 2.75) is 37.8 Å². The Labute approximate surface area is 279 Å². The van der Waals surface area contributed by atoms with Crippen LogP contribution in [-0.2, 0) is 32.6 Å². The third kappa shape index (κ3) is 9.47. The minimum Gasteiger partial charge on any atom is -0.354 e. The molecule has 0 bridgehead atoms. The summed E-state index contributed by atoms with van der Waals surface area (Å²) in [5.74, 6) is -0.792. The Bertz CT molecular complexity index is 1700. The van der Waals surface area contributed by atoms with Gasteiger partial charge in [-0.3, -0.25) is 13.9 Å². The Morgan fingerprint density at radius 1 is 0.756 bits per heavy atom. The molecule has 1 atom stereocenters. The average molecular weight is 687 g/mol. The highest BCUT2D eigenvalue weighted by molar-refractivity contribution is 7.92. The summed E-state index contributed by atoms with van der Waals surface area (Å²) in [6.45, 7) is 3.73. The molecular weight excluding hydrogens is 653 g/mol. The van der Waals surface area contributed by atoms with Gasteiger partial charge < -0.3 is 10.2 Å². The van der Waals surface area contributed by atoms with Crippen LogP contribution in [0.25, 0.3) is 0 Å². The monoisotopic (exact) mass is 685 g/mol. The number of carbonyl (C=O) groups excluding carboxylic acids is 2. The topological polar surface area (TPSA) is 86.8 Å². The zero-order valence-electron chi connectivity index (χ0n) is 24.9. The molecule has 1 N–H and O–H groups in total. The predicted molar refractivity (Wildman–Crippen MR) is 181 cm³/mol. The number of sulfonamides is 1. The van der Waals surface area contributed by atoms with Gasteiger partial charge >= 0.3 is 0 Å². The number of amides is 2. The average Bonchev–Trinajstić information content (AvgIpc) is 3.00. The SMILES string of the molecule is CC(C)CNC(=O)[C@@H](Cc1ccccc1)N(Cc1cccc(Cl)c1)C(=O)CN(c1cc(Cl)cc(Cl)c1)S(=O)(=O)c1ccccc1. The van der Waals surface area contributed by atoms with Crippen LogP contribution >= 0.6 is 34.8 Å². The van der Waals surface area contributed by atoms with Crippen molar-refractivity contribution in [3.63, 3.8) is 0 Å². The first-order valence-electron chi connectivity index (χ1n) is 14.3. The predicted octanol–water partition coefficient (Wildman–Crippen LogP) is 7.25. The first-order valence-corrected chi connectivity index (χ1v) is 16.9. The van der Waals surface area contributed by atoms with Gasteiger partial charge in [0.15, 0.2) is 0 Å². The molecule has 0 radical (unpaired) electrons. The molecule has 7 nitrogen and oxygen atoms in total. The van der Waals surface area contributed by atoms with E-state index >= 15 is 0 Å². The van der Waals surface area contributed by atoms with Crippen molar-refractivity contribution >= 4 is 62.3 Å². The van der Waals surface area contributed by atoms with E-state index in [0.717, 1.165) is 9.87 Å². The standard InChI is InChI=1S/C34H34Cl3N3O4S/c1-24(2)21-38-34(42)32(17-25-10-5-3-6-11-25)39(22-26-12-9-13-27(35)16-26)33(41)23-40(30-19-28(36)18-29(37)20-30)45(43,44)31-14-7-4-8-15-31/h3-16,18-20,24,32H,17,21-23H2,1-2H3,(H,38,42)/t32-/m1/s1. The Balaban J connectivity index is 1.82. The first-order chi connectivity index (χ1) is 21.4. The maximum atomic E-state index is 14.5. The molecule has 0 spiro atoms. The maximum absolute atomic E-state index is 14.5. The van der Waals surface area contributed by atoms with Crippen molar-refractivity contribution in [1.29, 1.82) is 0 Å². The molecule has 4 aromatic rings. The van der Waals surface area contributed by atoms with Crippen LogP contribution in [0.3, 0.4) is 0 Å². The third-order valence-electron chi connectivity index (χ3n) is 6.94. The van der Waals surface area contributed by atoms with E-state index in [1.807, 2.05) is 44.2 Å². The fraction of sp³-hybridized carbons (Fsp3) is 0.235. The molecule has 45 heavy (non-hydrogen) atoms. The van der Waals surface area contributed by atoms with Crippen LogP contribution in [0.4, 0.5) is 5.69 Å². The number of hydrogen-bond donors (Lipinski definition) is 1. The molecule has 0 aliphatic carbocycles. The van der Waals surface area contributed by atoms with Gasteiger partial charge in [0.1, 0.15) is 12.6 Å². The van der Waals surface area contributed by atoms with Crippen molar-refractivity contribution in [2.75, 3.05) is 17.4 Å². The number of nitrogens with one attached hydrogen (secondary N) is 1. The van der Waals surface area contributed by atoms with Crippen molar-refractivity contribution in [3.05, 3.63) is 129 Å². The Morgan fingerprint density at radius 2 is 1.36 bits per heavy atom. The molecule has 0 unspecified atom stereocenters. The Hall–Kier alpha value is -3.56. The summed E-state index contributed by atoms with van der Waals surface area (Å²) >= 11 is 18.9. The lowest BCUT2D eigenvalue weighted by atomic mass is 10.0. The number of nitrogens with zero attached hydrogens (tertiary/aromatic N) is 2. The largest absolute Gasteiger partial charge is 0.354 e. The van der Waals surface area contributed by atoms with Gasteiger partial charge in [-0.1, -0.05) is 109 Å². The molecule has 0 heterocycles. The highest BCUT2D eigenvalue weighted by Gasteiger charge is 2.35. The van der Waals surface area contributed by atoms with E-state index in [4.69, 9.17) is 34.8 Å².